The topological polar surface area (TPSA) is 114 Å². The van der Waals surface area contributed by atoms with E-state index in [1.165, 1.54) is 0 Å². The van der Waals surface area contributed by atoms with Gasteiger partial charge in [0.05, 0.1) is 0 Å². The van der Waals surface area contributed by atoms with Crippen LogP contribution in [0.15, 0.2) is 83.3 Å². The largest absolute Gasteiger partial charge is 0.459 e. The quantitative estimate of drug-likeness (QED) is 0.170. The van der Waals surface area contributed by atoms with Gasteiger partial charge < -0.3 is 14.1 Å². The summed E-state index contributed by atoms with van der Waals surface area (Å²) in [7, 11) is 0. The molecule has 1 unspecified atom stereocenters. The number of furan rings is 1. The van der Waals surface area contributed by atoms with Crippen LogP contribution in [0.3, 0.4) is 0 Å². The first kappa shape index (κ1) is 28.7. The number of carbonyl (C=O) groups is 2. The van der Waals surface area contributed by atoms with Gasteiger partial charge in [-0.15, -0.1) is 10.2 Å². The minimum atomic E-state index is -0.702. The van der Waals surface area contributed by atoms with Crippen LogP contribution < -0.4 is 0 Å². The molecule has 42 heavy (non-hydrogen) atoms. The van der Waals surface area contributed by atoms with Crippen LogP contribution in [0, 0.1) is 5.92 Å². The average Bonchev–Trinajstić information content (AvgIpc) is 3.69. The lowest BCUT2D eigenvalue weighted by Gasteiger charge is -2.33. The number of unbranched alkanes of at least 4 members (excludes halogenated alkanes) is 1. The molecule has 0 aliphatic heterocycles. The third kappa shape index (κ3) is 6.74. The van der Waals surface area contributed by atoms with Crippen molar-refractivity contribution in [3.63, 3.8) is 0 Å². The summed E-state index contributed by atoms with van der Waals surface area (Å²) >= 11 is 0. The predicted octanol–water partition coefficient (Wildman–Crippen LogP) is 6.57. The summed E-state index contributed by atoms with van der Waals surface area (Å²) < 4.78 is 11.9. The minimum absolute atomic E-state index is 0.0538. The van der Waals surface area contributed by atoms with Crippen molar-refractivity contribution in [2.75, 3.05) is 0 Å². The molecule has 0 radical (unpaired) electrons. The Kier molecular flexibility index (Phi) is 9.06. The van der Waals surface area contributed by atoms with Crippen molar-refractivity contribution in [3.05, 3.63) is 90.0 Å². The lowest BCUT2D eigenvalue weighted by molar-refractivity contribution is -0.159. The summed E-state index contributed by atoms with van der Waals surface area (Å²) in [6.45, 7) is 6.41. The Morgan fingerprint density at radius 3 is 2.40 bits per heavy atom. The molecule has 216 valence electrons. The highest BCUT2D eigenvalue weighted by Gasteiger charge is 2.33. The predicted molar refractivity (Wildman–Crippen MR) is 160 cm³/mol. The minimum Gasteiger partial charge on any atom is -0.459 e. The number of hydrogen-bond donors (Lipinski definition) is 1. The second kappa shape index (κ2) is 13.2. The van der Waals surface area contributed by atoms with E-state index in [1.807, 2.05) is 92.7 Å². The number of esters is 1. The summed E-state index contributed by atoms with van der Waals surface area (Å²) in [5, 5.41) is 15.0. The van der Waals surface area contributed by atoms with Gasteiger partial charge in [0.15, 0.2) is 0 Å². The van der Waals surface area contributed by atoms with Gasteiger partial charge in [0.2, 0.25) is 11.7 Å². The van der Waals surface area contributed by atoms with E-state index < -0.39 is 12.0 Å². The van der Waals surface area contributed by atoms with Crippen molar-refractivity contribution >= 4 is 22.8 Å². The number of benzene rings is 3. The molecular weight excluding hydrogens is 530 g/mol. The molecule has 5 aromatic rings. The van der Waals surface area contributed by atoms with Crippen molar-refractivity contribution in [1.29, 1.82) is 0 Å². The Balaban J connectivity index is 1.37. The van der Waals surface area contributed by atoms with E-state index in [0.29, 0.717) is 18.8 Å². The maximum Gasteiger partial charge on any atom is 0.329 e. The first-order valence-electron chi connectivity index (χ1n) is 14.3. The summed E-state index contributed by atoms with van der Waals surface area (Å²) in [6, 6.07) is 24.5. The highest BCUT2D eigenvalue weighted by atomic mass is 16.5. The average molecular weight is 566 g/mol. The number of fused-ring (bicyclic) bond motifs is 1. The number of rotatable bonds is 12. The van der Waals surface area contributed by atoms with Crippen molar-refractivity contribution in [3.8, 4) is 22.7 Å². The summed E-state index contributed by atoms with van der Waals surface area (Å²) in [4.78, 5) is 28.6. The number of tetrazole rings is 1. The van der Waals surface area contributed by atoms with E-state index in [-0.39, 0.29) is 18.4 Å². The van der Waals surface area contributed by atoms with E-state index in [1.54, 1.807) is 4.90 Å². The Hall–Kier alpha value is -4.79. The van der Waals surface area contributed by atoms with Crippen LogP contribution in [-0.2, 0) is 27.5 Å². The Morgan fingerprint density at radius 1 is 0.952 bits per heavy atom. The van der Waals surface area contributed by atoms with Crippen molar-refractivity contribution in [2.45, 2.75) is 59.2 Å². The van der Waals surface area contributed by atoms with Crippen LogP contribution in [-0.4, -0.2) is 43.4 Å². The number of ether oxygens (including phenoxy) is 1. The smallest absolute Gasteiger partial charge is 0.329 e. The molecule has 5 rings (SSSR count). The van der Waals surface area contributed by atoms with Gasteiger partial charge in [-0.25, -0.2) is 4.79 Å². The van der Waals surface area contributed by atoms with Gasteiger partial charge in [0, 0.05) is 29.5 Å². The number of nitrogens with zero attached hydrogens (tertiary/aromatic N) is 4. The zero-order valence-electron chi connectivity index (χ0n) is 24.1. The molecule has 3 aromatic carbocycles. The Morgan fingerprint density at radius 2 is 1.71 bits per heavy atom. The molecule has 2 heterocycles. The van der Waals surface area contributed by atoms with Crippen LogP contribution in [0.2, 0.25) is 0 Å². The SMILES string of the molecule is CCCCC(=O)N(Cc1ccc2oc(-c3ccc(-c4nn[nH]n4)cc3)cc2c1)C(C(=O)OCc1ccccc1)C(C)C. The normalized spacial score (nSPS) is 12.0. The number of H-pyrrole nitrogens is 1. The van der Waals surface area contributed by atoms with Gasteiger partial charge in [-0.1, -0.05) is 87.9 Å². The number of amides is 1. The maximum absolute atomic E-state index is 13.5. The molecule has 9 heteroatoms. The van der Waals surface area contributed by atoms with Crippen LogP contribution in [0.4, 0.5) is 0 Å². The molecule has 1 amide bonds. The fourth-order valence-corrected chi connectivity index (χ4v) is 4.98. The number of hydrogen-bond acceptors (Lipinski definition) is 7. The third-order valence-corrected chi connectivity index (χ3v) is 7.20. The van der Waals surface area contributed by atoms with Crippen molar-refractivity contribution in [2.24, 2.45) is 5.92 Å². The molecule has 1 atom stereocenters. The van der Waals surface area contributed by atoms with E-state index in [4.69, 9.17) is 9.15 Å². The van der Waals surface area contributed by atoms with Crippen molar-refractivity contribution in [1.82, 2.24) is 25.5 Å². The number of aromatic amines is 1. The Bertz CT molecular complexity index is 1610. The second-order valence-corrected chi connectivity index (χ2v) is 10.7. The highest BCUT2D eigenvalue weighted by Crippen LogP contribution is 2.30. The van der Waals surface area contributed by atoms with Gasteiger partial charge in [-0.05, 0) is 46.9 Å². The molecule has 2 aromatic heterocycles. The van der Waals surface area contributed by atoms with E-state index in [0.717, 1.165) is 51.8 Å². The van der Waals surface area contributed by atoms with Crippen LogP contribution in [0.5, 0.6) is 0 Å². The van der Waals surface area contributed by atoms with Gasteiger partial charge in [-0.2, -0.15) is 5.21 Å². The fourth-order valence-electron chi connectivity index (χ4n) is 4.98. The summed E-state index contributed by atoms with van der Waals surface area (Å²) in [6.07, 6.45) is 2.03. The molecular formula is C33H35N5O4. The lowest BCUT2D eigenvalue weighted by atomic mass is 10.00. The first-order chi connectivity index (χ1) is 20.4. The molecule has 1 N–H and O–H groups in total. The van der Waals surface area contributed by atoms with Gasteiger partial charge >= 0.3 is 5.97 Å². The molecule has 0 aliphatic carbocycles. The summed E-state index contributed by atoms with van der Waals surface area (Å²) in [5.41, 5.74) is 4.32. The zero-order valence-corrected chi connectivity index (χ0v) is 24.1. The molecule has 0 saturated heterocycles. The molecule has 0 bridgehead atoms. The van der Waals surface area contributed by atoms with Gasteiger partial charge in [0.25, 0.3) is 0 Å². The number of aromatic nitrogens is 4. The molecule has 0 fully saturated rings. The third-order valence-electron chi connectivity index (χ3n) is 7.20. The lowest BCUT2D eigenvalue weighted by Crippen LogP contribution is -2.48. The number of nitrogens with one attached hydrogen (secondary N) is 1. The van der Waals surface area contributed by atoms with Crippen molar-refractivity contribution < 1.29 is 18.7 Å². The molecule has 0 aliphatic rings. The van der Waals surface area contributed by atoms with E-state index in [9.17, 15) is 9.59 Å². The standard InChI is InChI=1S/C33H35N5O4/c1-4-5-11-30(39)38(31(22(2)3)33(40)41-21-23-9-7-6-8-10-23)20-24-12-17-28-27(18-24)19-29(42-28)25-13-15-26(16-14-25)32-34-36-37-35-32/h6-10,12-19,22,31H,4-5,11,20-21H2,1-3H3,(H,34,35,36,37). The van der Waals surface area contributed by atoms with Crippen LogP contribution >= 0.6 is 0 Å². The maximum atomic E-state index is 13.5. The van der Waals surface area contributed by atoms with E-state index in [2.05, 4.69) is 27.5 Å². The zero-order chi connectivity index (χ0) is 29.5. The Labute approximate surface area is 244 Å². The monoisotopic (exact) mass is 565 g/mol. The van der Waals surface area contributed by atoms with E-state index >= 15 is 0 Å². The van der Waals surface area contributed by atoms with Gasteiger partial charge in [-0.3, -0.25) is 4.79 Å². The number of carbonyl (C=O) groups excluding carboxylic acids is 2. The molecule has 0 spiro atoms. The second-order valence-electron chi connectivity index (χ2n) is 10.7. The van der Waals surface area contributed by atoms with Crippen LogP contribution in [0.25, 0.3) is 33.7 Å². The fraction of sp³-hybridized carbons (Fsp3) is 0.303. The van der Waals surface area contributed by atoms with Crippen LogP contribution in [0.1, 0.15) is 51.2 Å². The van der Waals surface area contributed by atoms with Gasteiger partial charge in [0.1, 0.15) is 24.0 Å². The summed E-state index contributed by atoms with van der Waals surface area (Å²) in [5.74, 6) is 0.676. The highest BCUT2D eigenvalue weighted by molar-refractivity contribution is 5.86. The molecule has 9 nitrogen and oxygen atoms in total. The first-order valence-corrected chi connectivity index (χ1v) is 14.3. The molecule has 0 saturated carbocycles.